The van der Waals surface area contributed by atoms with Crippen molar-refractivity contribution >= 4 is 32.6 Å². The minimum atomic E-state index is -3.67. The Kier molecular flexibility index (Phi) is 4.39. The number of nitrogens with one attached hydrogen (secondary N) is 2. The summed E-state index contributed by atoms with van der Waals surface area (Å²) in [6, 6.07) is 5.06. The van der Waals surface area contributed by atoms with Gasteiger partial charge in [0.2, 0.25) is 5.09 Å². The molecule has 110 valence electrons. The van der Waals surface area contributed by atoms with Crippen molar-refractivity contribution in [2.45, 2.75) is 25.0 Å². The number of fused-ring (bicyclic) bond motifs is 1. The lowest BCUT2D eigenvalue weighted by Crippen LogP contribution is -2.37. The van der Waals surface area contributed by atoms with E-state index in [4.69, 9.17) is 16.0 Å². The average Bonchev–Trinajstić information content (AvgIpc) is 2.74. The molecule has 0 bridgehead atoms. The van der Waals surface area contributed by atoms with Gasteiger partial charge in [-0.15, -0.1) is 0 Å². The fourth-order valence-electron chi connectivity index (χ4n) is 1.83. The Hall–Kier alpha value is -1.08. The van der Waals surface area contributed by atoms with Gasteiger partial charge in [0, 0.05) is 28.6 Å². The number of furan rings is 1. The van der Waals surface area contributed by atoms with E-state index in [2.05, 4.69) is 10.0 Å². The summed E-state index contributed by atoms with van der Waals surface area (Å²) in [5.74, 6) is 0. The third kappa shape index (κ3) is 2.98. The van der Waals surface area contributed by atoms with Crippen LogP contribution in [0.3, 0.4) is 0 Å². The molecule has 0 radical (unpaired) electrons. The Labute approximate surface area is 123 Å². The maximum absolute atomic E-state index is 12.3. The van der Waals surface area contributed by atoms with E-state index < -0.39 is 10.0 Å². The number of aryl methyl sites for hydroxylation is 1. The zero-order valence-corrected chi connectivity index (χ0v) is 13.1. The van der Waals surface area contributed by atoms with E-state index in [0.717, 1.165) is 0 Å². The predicted molar refractivity (Wildman–Crippen MR) is 79.7 cm³/mol. The summed E-state index contributed by atoms with van der Waals surface area (Å²) in [4.78, 5) is 0. The summed E-state index contributed by atoms with van der Waals surface area (Å²) in [6.07, 6.45) is 0. The molecule has 20 heavy (non-hydrogen) atoms. The van der Waals surface area contributed by atoms with Gasteiger partial charge in [0.15, 0.2) is 0 Å². The Bertz CT molecular complexity index is 725. The average molecular weight is 317 g/mol. The van der Waals surface area contributed by atoms with Crippen LogP contribution in [0.2, 0.25) is 5.02 Å². The topological polar surface area (TPSA) is 71.3 Å². The second-order valence-electron chi connectivity index (χ2n) is 4.70. The maximum Gasteiger partial charge on any atom is 0.274 e. The van der Waals surface area contributed by atoms with Crippen molar-refractivity contribution in [2.24, 2.45) is 0 Å². The summed E-state index contributed by atoms with van der Waals surface area (Å²) in [5, 5.41) is 4.16. The summed E-state index contributed by atoms with van der Waals surface area (Å²) < 4.78 is 32.5. The minimum Gasteiger partial charge on any atom is -0.443 e. The molecule has 0 amide bonds. The van der Waals surface area contributed by atoms with Crippen LogP contribution >= 0.6 is 11.6 Å². The number of benzene rings is 1. The molecule has 2 N–H and O–H groups in total. The Morgan fingerprint density at radius 2 is 2.10 bits per heavy atom. The monoisotopic (exact) mass is 316 g/mol. The molecule has 0 aliphatic heterocycles. The first-order valence-electron chi connectivity index (χ1n) is 6.20. The van der Waals surface area contributed by atoms with Gasteiger partial charge in [-0.2, -0.15) is 0 Å². The lowest BCUT2D eigenvalue weighted by Gasteiger charge is -2.10. The summed E-state index contributed by atoms with van der Waals surface area (Å²) >= 11 is 5.92. The van der Waals surface area contributed by atoms with Gasteiger partial charge in [0.1, 0.15) is 5.58 Å². The van der Waals surface area contributed by atoms with E-state index in [9.17, 15) is 8.42 Å². The van der Waals surface area contributed by atoms with Crippen LogP contribution in [0.15, 0.2) is 27.7 Å². The van der Waals surface area contributed by atoms with Gasteiger partial charge in [0.25, 0.3) is 10.0 Å². The van der Waals surface area contributed by atoms with Crippen molar-refractivity contribution in [1.82, 2.24) is 10.0 Å². The van der Waals surface area contributed by atoms with Crippen LogP contribution in [0.25, 0.3) is 11.0 Å². The van der Waals surface area contributed by atoms with Gasteiger partial charge < -0.3 is 9.73 Å². The van der Waals surface area contributed by atoms with Gasteiger partial charge in [-0.3, -0.25) is 0 Å². The molecule has 5 nitrogen and oxygen atoms in total. The zero-order chi connectivity index (χ0) is 14.9. The highest BCUT2D eigenvalue weighted by Gasteiger charge is 2.24. The SMILES string of the molecule is CNC(C)CNS(=O)(=O)c1oc2ccc(Cl)cc2c1C. The number of hydrogen-bond acceptors (Lipinski definition) is 4. The van der Waals surface area contributed by atoms with Crippen molar-refractivity contribution in [3.8, 4) is 0 Å². The molecule has 1 atom stereocenters. The Balaban J connectivity index is 2.39. The second-order valence-corrected chi connectivity index (χ2v) is 6.80. The van der Waals surface area contributed by atoms with E-state index in [1.54, 1.807) is 32.2 Å². The molecule has 1 aromatic heterocycles. The molecule has 0 fully saturated rings. The molecule has 1 unspecified atom stereocenters. The third-order valence-corrected chi connectivity index (χ3v) is 4.83. The van der Waals surface area contributed by atoms with Crippen LogP contribution in [0.1, 0.15) is 12.5 Å². The molecule has 0 aliphatic carbocycles. The normalized spacial score (nSPS) is 13.8. The van der Waals surface area contributed by atoms with E-state index >= 15 is 0 Å². The molecular formula is C13H17ClN2O3S. The number of sulfonamides is 1. The Morgan fingerprint density at radius 1 is 1.40 bits per heavy atom. The van der Waals surface area contributed by atoms with Gasteiger partial charge in [-0.25, -0.2) is 13.1 Å². The molecule has 0 saturated heterocycles. The predicted octanol–water partition coefficient (Wildman–Crippen LogP) is 2.28. The molecule has 0 saturated carbocycles. The molecule has 0 spiro atoms. The quantitative estimate of drug-likeness (QED) is 0.887. The van der Waals surface area contributed by atoms with Crippen molar-refractivity contribution in [3.63, 3.8) is 0 Å². The molecule has 2 rings (SSSR count). The first kappa shape index (κ1) is 15.3. The minimum absolute atomic E-state index is 0.0314. The molecular weight excluding hydrogens is 300 g/mol. The number of hydrogen-bond donors (Lipinski definition) is 2. The van der Waals surface area contributed by atoms with Gasteiger partial charge in [0.05, 0.1) is 0 Å². The van der Waals surface area contributed by atoms with Crippen LogP contribution < -0.4 is 10.0 Å². The first-order chi connectivity index (χ1) is 9.35. The van der Waals surface area contributed by atoms with E-state index in [0.29, 0.717) is 21.6 Å². The molecule has 0 aliphatic rings. The van der Waals surface area contributed by atoms with Crippen molar-refractivity contribution < 1.29 is 12.8 Å². The highest BCUT2D eigenvalue weighted by molar-refractivity contribution is 7.89. The first-order valence-corrected chi connectivity index (χ1v) is 8.07. The van der Waals surface area contributed by atoms with Crippen molar-refractivity contribution in [2.75, 3.05) is 13.6 Å². The maximum atomic E-state index is 12.3. The van der Waals surface area contributed by atoms with Crippen LogP contribution in [0.4, 0.5) is 0 Å². The highest BCUT2D eigenvalue weighted by Crippen LogP contribution is 2.30. The smallest absolute Gasteiger partial charge is 0.274 e. The Morgan fingerprint density at radius 3 is 2.75 bits per heavy atom. The lowest BCUT2D eigenvalue weighted by atomic mass is 10.2. The highest BCUT2D eigenvalue weighted by atomic mass is 35.5. The van der Waals surface area contributed by atoms with Gasteiger partial charge in [-0.1, -0.05) is 11.6 Å². The fraction of sp³-hybridized carbons (Fsp3) is 0.385. The summed E-state index contributed by atoms with van der Waals surface area (Å²) in [6.45, 7) is 3.88. The summed E-state index contributed by atoms with van der Waals surface area (Å²) in [5.41, 5.74) is 1.07. The largest absolute Gasteiger partial charge is 0.443 e. The fourth-order valence-corrected chi connectivity index (χ4v) is 3.31. The third-order valence-electron chi connectivity index (χ3n) is 3.17. The molecule has 7 heteroatoms. The van der Waals surface area contributed by atoms with E-state index in [-0.39, 0.29) is 17.7 Å². The standard InChI is InChI=1S/C13H17ClN2O3S/c1-8(15-3)7-16-20(17,18)13-9(2)11-6-10(14)4-5-12(11)19-13/h4-6,8,15-16H,7H2,1-3H3. The molecule has 1 aromatic carbocycles. The van der Waals surface area contributed by atoms with E-state index in [1.165, 1.54) is 0 Å². The number of likely N-dealkylation sites (N-methyl/N-ethyl adjacent to an activating group) is 1. The van der Waals surface area contributed by atoms with E-state index in [1.807, 2.05) is 6.92 Å². The van der Waals surface area contributed by atoms with Gasteiger partial charge >= 0.3 is 0 Å². The number of halogens is 1. The zero-order valence-electron chi connectivity index (χ0n) is 11.5. The van der Waals surface area contributed by atoms with Crippen LogP contribution in [0.5, 0.6) is 0 Å². The summed E-state index contributed by atoms with van der Waals surface area (Å²) in [7, 11) is -1.90. The molecule has 2 aromatic rings. The van der Waals surface area contributed by atoms with Crippen LogP contribution in [0, 0.1) is 6.92 Å². The van der Waals surface area contributed by atoms with Crippen molar-refractivity contribution in [3.05, 3.63) is 28.8 Å². The second kappa shape index (κ2) is 5.73. The van der Waals surface area contributed by atoms with Gasteiger partial charge in [-0.05, 0) is 39.1 Å². The van der Waals surface area contributed by atoms with Crippen LogP contribution in [-0.2, 0) is 10.0 Å². The lowest BCUT2D eigenvalue weighted by molar-refractivity contribution is 0.468. The number of rotatable bonds is 5. The van der Waals surface area contributed by atoms with Crippen LogP contribution in [-0.4, -0.2) is 28.1 Å². The molecule has 1 heterocycles. The van der Waals surface area contributed by atoms with Crippen molar-refractivity contribution in [1.29, 1.82) is 0 Å².